The maximum Gasteiger partial charge on any atom is 0.341 e. The number of carbonyl (C=O) groups excluding carboxylic acids is 1. The second-order valence-corrected chi connectivity index (χ2v) is 8.48. The van der Waals surface area contributed by atoms with Gasteiger partial charge in [-0.25, -0.2) is 18.9 Å². The summed E-state index contributed by atoms with van der Waals surface area (Å²) in [4.78, 5) is 21.3. The molecule has 3 aromatic heterocycles. The molecular formula is C23H24ClFN6O3S. The van der Waals surface area contributed by atoms with Crippen molar-refractivity contribution in [1.82, 2.24) is 29.5 Å². The Kier molecular flexibility index (Phi) is 7.00. The molecule has 3 heterocycles. The average molecular weight is 519 g/mol. The van der Waals surface area contributed by atoms with Gasteiger partial charge in [-0.1, -0.05) is 17.7 Å². The highest BCUT2D eigenvalue weighted by Crippen LogP contribution is 2.44. The van der Waals surface area contributed by atoms with E-state index in [1.807, 2.05) is 6.92 Å². The first-order chi connectivity index (χ1) is 16.4. The summed E-state index contributed by atoms with van der Waals surface area (Å²) in [6.45, 7) is 3.95. The van der Waals surface area contributed by atoms with Crippen LogP contribution in [0.5, 0.6) is 5.88 Å². The third-order valence-electron chi connectivity index (χ3n) is 5.78. The molecule has 4 aromatic rings. The molecule has 0 aliphatic heterocycles. The highest BCUT2D eigenvalue weighted by atomic mass is 35.5. The van der Waals surface area contributed by atoms with Crippen LogP contribution in [0.1, 0.15) is 60.3 Å². The summed E-state index contributed by atoms with van der Waals surface area (Å²) < 4.78 is 27.6. The molecule has 0 N–H and O–H groups in total. The molecule has 0 spiro atoms. The van der Waals surface area contributed by atoms with Crippen LogP contribution in [0.25, 0.3) is 17.0 Å². The standard InChI is InChI=1S/C23H22ClFN6O3.H2S/c1-4-34-22(32)15-10-26-30(11-15)23-27-19-18(13-5-6-13)29-31(20(19)21(28-23)33-3)12(2)14-7-8-17(25)16(24)9-14;/h7-13H,4-6H2,1-3H3;1H2/t12-;/m0./s1. The zero-order valence-corrected chi connectivity index (χ0v) is 21.1. The Morgan fingerprint density at radius 3 is 2.74 bits per heavy atom. The molecule has 0 amide bonds. The molecule has 1 aliphatic carbocycles. The Hall–Kier alpha value is -3.18. The molecule has 184 valence electrons. The smallest absolute Gasteiger partial charge is 0.341 e. The fourth-order valence-electron chi connectivity index (χ4n) is 3.84. The molecule has 12 heteroatoms. The zero-order valence-electron chi connectivity index (χ0n) is 19.3. The van der Waals surface area contributed by atoms with E-state index in [-0.39, 0.29) is 43.0 Å². The SMILES string of the molecule is CCOC(=O)c1cnn(-c2nc(OC)c3c(n2)c(C2CC2)nn3[C@@H](C)c2ccc(F)c(Cl)c2)c1.S. The predicted octanol–water partition coefficient (Wildman–Crippen LogP) is 4.59. The van der Waals surface area contributed by atoms with Crippen molar-refractivity contribution in [1.29, 1.82) is 0 Å². The van der Waals surface area contributed by atoms with Crippen molar-refractivity contribution in [3.8, 4) is 11.8 Å². The van der Waals surface area contributed by atoms with Gasteiger partial charge in [-0.2, -0.15) is 28.7 Å². The van der Waals surface area contributed by atoms with Crippen molar-refractivity contribution in [2.24, 2.45) is 0 Å². The minimum absolute atomic E-state index is 0. The molecular weight excluding hydrogens is 495 g/mol. The Morgan fingerprint density at radius 1 is 1.31 bits per heavy atom. The summed E-state index contributed by atoms with van der Waals surface area (Å²) in [7, 11) is 1.52. The number of methoxy groups -OCH3 is 1. The Balaban J connectivity index is 0.00000289. The van der Waals surface area contributed by atoms with Crippen molar-refractivity contribution in [2.45, 2.75) is 38.6 Å². The van der Waals surface area contributed by atoms with Crippen molar-refractivity contribution in [2.75, 3.05) is 13.7 Å². The van der Waals surface area contributed by atoms with Gasteiger partial charge in [-0.15, -0.1) is 0 Å². The molecule has 1 aromatic carbocycles. The average Bonchev–Trinajstić information content (AvgIpc) is 3.42. The number of ether oxygens (including phenoxy) is 2. The van der Waals surface area contributed by atoms with Gasteiger partial charge in [-0.05, 0) is 44.4 Å². The molecule has 35 heavy (non-hydrogen) atoms. The third-order valence-corrected chi connectivity index (χ3v) is 6.07. The molecule has 1 aliphatic rings. The van der Waals surface area contributed by atoms with Crippen molar-refractivity contribution in [3.05, 3.63) is 58.3 Å². The first-order valence-electron chi connectivity index (χ1n) is 10.9. The van der Waals surface area contributed by atoms with E-state index >= 15 is 0 Å². The number of fused-ring (bicyclic) bond motifs is 1. The minimum Gasteiger partial charge on any atom is -0.479 e. The first-order valence-corrected chi connectivity index (χ1v) is 11.3. The molecule has 0 bridgehead atoms. The molecule has 1 atom stereocenters. The van der Waals surface area contributed by atoms with Crippen LogP contribution in [-0.2, 0) is 4.74 Å². The van der Waals surface area contributed by atoms with Crippen LogP contribution >= 0.6 is 25.1 Å². The van der Waals surface area contributed by atoms with Gasteiger partial charge < -0.3 is 9.47 Å². The van der Waals surface area contributed by atoms with Crippen molar-refractivity contribution in [3.63, 3.8) is 0 Å². The van der Waals surface area contributed by atoms with Gasteiger partial charge in [-0.3, -0.25) is 4.68 Å². The van der Waals surface area contributed by atoms with Crippen LogP contribution in [0.15, 0.2) is 30.6 Å². The summed E-state index contributed by atoms with van der Waals surface area (Å²) in [6.07, 6.45) is 4.95. The molecule has 0 radical (unpaired) electrons. The molecule has 1 fully saturated rings. The van der Waals surface area contributed by atoms with E-state index in [0.717, 1.165) is 24.1 Å². The lowest BCUT2D eigenvalue weighted by Crippen LogP contribution is -2.11. The second-order valence-electron chi connectivity index (χ2n) is 8.08. The van der Waals surface area contributed by atoms with Gasteiger partial charge in [0, 0.05) is 12.1 Å². The number of hydrogen-bond acceptors (Lipinski definition) is 7. The molecule has 9 nitrogen and oxygen atoms in total. The van der Waals surface area contributed by atoms with Gasteiger partial charge in [0.05, 0.1) is 42.2 Å². The van der Waals surface area contributed by atoms with E-state index in [2.05, 4.69) is 10.1 Å². The third kappa shape index (κ3) is 4.57. The minimum atomic E-state index is -0.478. The summed E-state index contributed by atoms with van der Waals surface area (Å²) in [5.41, 5.74) is 3.20. The number of esters is 1. The second kappa shape index (κ2) is 9.82. The van der Waals surface area contributed by atoms with Gasteiger partial charge in [0.15, 0.2) is 0 Å². The molecule has 0 unspecified atom stereocenters. The topological polar surface area (TPSA) is 96.9 Å². The monoisotopic (exact) mass is 518 g/mol. The number of carbonyl (C=O) groups is 1. The summed E-state index contributed by atoms with van der Waals surface area (Å²) in [5.74, 6) is -0.104. The number of nitrogens with zero attached hydrogens (tertiary/aromatic N) is 6. The first kappa shape index (κ1) is 24.9. The van der Waals surface area contributed by atoms with E-state index in [4.69, 9.17) is 31.2 Å². The van der Waals surface area contributed by atoms with Crippen LogP contribution in [0, 0.1) is 5.82 Å². The zero-order chi connectivity index (χ0) is 24.0. The van der Waals surface area contributed by atoms with Crippen LogP contribution < -0.4 is 4.74 Å². The van der Waals surface area contributed by atoms with E-state index in [9.17, 15) is 9.18 Å². The Bertz CT molecular complexity index is 1400. The summed E-state index contributed by atoms with van der Waals surface area (Å²) >= 11 is 6.02. The van der Waals surface area contributed by atoms with Gasteiger partial charge in [0.1, 0.15) is 16.9 Å². The number of halogens is 2. The van der Waals surface area contributed by atoms with Gasteiger partial charge >= 0.3 is 5.97 Å². The van der Waals surface area contributed by atoms with E-state index < -0.39 is 11.8 Å². The van der Waals surface area contributed by atoms with Crippen LogP contribution in [0.3, 0.4) is 0 Å². The summed E-state index contributed by atoms with van der Waals surface area (Å²) in [5, 5.41) is 9.15. The van der Waals surface area contributed by atoms with Crippen LogP contribution in [0.2, 0.25) is 5.02 Å². The molecule has 5 rings (SSSR count). The lowest BCUT2D eigenvalue weighted by atomic mass is 10.1. The fourth-order valence-corrected chi connectivity index (χ4v) is 4.03. The fraction of sp³-hybridized carbons (Fsp3) is 0.348. The Labute approximate surface area is 212 Å². The lowest BCUT2D eigenvalue weighted by molar-refractivity contribution is 0.0526. The maximum atomic E-state index is 13.7. The van der Waals surface area contributed by atoms with Gasteiger partial charge in [0.25, 0.3) is 5.95 Å². The van der Waals surface area contributed by atoms with E-state index in [0.29, 0.717) is 22.5 Å². The van der Waals surface area contributed by atoms with Crippen LogP contribution in [-0.4, -0.2) is 49.2 Å². The quantitative estimate of drug-likeness (QED) is 0.330. The predicted molar refractivity (Wildman–Crippen MR) is 133 cm³/mol. The Morgan fingerprint density at radius 2 is 2.09 bits per heavy atom. The molecule has 1 saturated carbocycles. The normalized spacial score (nSPS) is 14.0. The van der Waals surface area contributed by atoms with E-state index in [1.165, 1.54) is 30.3 Å². The van der Waals surface area contributed by atoms with Crippen molar-refractivity contribution < 1.29 is 18.7 Å². The number of hydrogen-bond donors (Lipinski definition) is 0. The van der Waals surface area contributed by atoms with E-state index in [1.54, 1.807) is 23.7 Å². The number of rotatable bonds is 7. The van der Waals surface area contributed by atoms with Gasteiger partial charge in [0.2, 0.25) is 5.88 Å². The highest BCUT2D eigenvalue weighted by molar-refractivity contribution is 7.59. The number of benzene rings is 1. The largest absolute Gasteiger partial charge is 0.479 e. The highest BCUT2D eigenvalue weighted by Gasteiger charge is 2.33. The maximum absolute atomic E-state index is 13.7. The lowest BCUT2D eigenvalue weighted by Gasteiger charge is -2.15. The summed E-state index contributed by atoms with van der Waals surface area (Å²) in [6, 6.07) is 4.33. The van der Waals surface area contributed by atoms with Crippen molar-refractivity contribution >= 4 is 42.1 Å². The molecule has 0 saturated heterocycles. The van der Waals surface area contributed by atoms with Crippen LogP contribution in [0.4, 0.5) is 4.39 Å². The number of aromatic nitrogens is 6.